The van der Waals surface area contributed by atoms with Crippen LogP contribution in [0.4, 0.5) is 0 Å². The Morgan fingerprint density at radius 1 is 1.15 bits per heavy atom. The minimum Gasteiger partial charge on any atom is -0.467 e. The minimum absolute atomic E-state index is 0.239. The largest absolute Gasteiger partial charge is 0.467 e. The molecule has 3 rings (SSSR count). The highest BCUT2D eigenvalue weighted by molar-refractivity contribution is 7.89. The summed E-state index contributed by atoms with van der Waals surface area (Å²) in [6.45, 7) is 8.20. The molecule has 1 aromatic carbocycles. The van der Waals surface area contributed by atoms with Gasteiger partial charge in [0.05, 0.1) is 23.9 Å². The molecular formula is C20H23N3O3S. The van der Waals surface area contributed by atoms with E-state index in [1.807, 2.05) is 45.0 Å². The topological polar surface area (TPSA) is 76.6 Å². The second-order valence-electron chi connectivity index (χ2n) is 6.61. The Balaban J connectivity index is 1.79. The average molecular weight is 385 g/mol. The van der Waals surface area contributed by atoms with Crippen molar-refractivity contribution in [2.75, 3.05) is 0 Å². The van der Waals surface area contributed by atoms with Gasteiger partial charge in [-0.2, -0.15) is 13.5 Å². The molecule has 0 unspecified atom stereocenters. The van der Waals surface area contributed by atoms with E-state index >= 15 is 0 Å². The molecule has 7 heteroatoms. The molecule has 0 spiro atoms. The Hall–Kier alpha value is -2.80. The van der Waals surface area contributed by atoms with Crippen molar-refractivity contribution < 1.29 is 12.8 Å². The molecule has 0 bridgehead atoms. The van der Waals surface area contributed by atoms with Gasteiger partial charge in [-0.1, -0.05) is 12.1 Å². The molecule has 0 saturated heterocycles. The lowest BCUT2D eigenvalue weighted by molar-refractivity contribution is 0.489. The molecule has 0 aliphatic carbocycles. The molecule has 2 heterocycles. The van der Waals surface area contributed by atoms with Crippen LogP contribution in [0.5, 0.6) is 0 Å². The van der Waals surface area contributed by atoms with Crippen LogP contribution in [0.1, 0.15) is 33.8 Å². The van der Waals surface area contributed by atoms with Crippen molar-refractivity contribution in [1.82, 2.24) is 9.40 Å². The molecule has 142 valence electrons. The molecule has 0 fully saturated rings. The van der Waals surface area contributed by atoms with Crippen molar-refractivity contribution in [3.8, 4) is 0 Å². The first-order valence-corrected chi connectivity index (χ1v) is 10.1. The van der Waals surface area contributed by atoms with E-state index in [1.165, 1.54) is 6.21 Å². The first-order chi connectivity index (χ1) is 12.8. The van der Waals surface area contributed by atoms with Crippen molar-refractivity contribution >= 4 is 16.2 Å². The fourth-order valence-corrected chi connectivity index (χ4v) is 4.09. The predicted molar refractivity (Wildman–Crippen MR) is 106 cm³/mol. The van der Waals surface area contributed by atoms with Gasteiger partial charge in [0.25, 0.3) is 10.0 Å². The molecule has 0 atom stereocenters. The van der Waals surface area contributed by atoms with E-state index in [1.54, 1.807) is 25.3 Å². The van der Waals surface area contributed by atoms with Crippen molar-refractivity contribution in [2.45, 2.75) is 39.1 Å². The monoisotopic (exact) mass is 385 g/mol. The number of benzene rings is 1. The van der Waals surface area contributed by atoms with Crippen molar-refractivity contribution in [3.05, 3.63) is 76.5 Å². The molecule has 6 nitrogen and oxygen atoms in total. The fourth-order valence-electron chi connectivity index (χ4n) is 2.97. The zero-order valence-electron chi connectivity index (χ0n) is 15.9. The van der Waals surface area contributed by atoms with Gasteiger partial charge in [-0.25, -0.2) is 4.83 Å². The summed E-state index contributed by atoms with van der Waals surface area (Å²) in [5.74, 6) is 0.857. The van der Waals surface area contributed by atoms with E-state index in [2.05, 4.69) is 14.5 Å². The molecular weight excluding hydrogens is 362 g/mol. The molecule has 3 aromatic rings. The van der Waals surface area contributed by atoms with Crippen LogP contribution < -0.4 is 4.83 Å². The Labute approximate surface area is 159 Å². The summed E-state index contributed by atoms with van der Waals surface area (Å²) in [6.07, 6.45) is 3.18. The first kappa shape index (κ1) is 19.0. The van der Waals surface area contributed by atoms with Crippen LogP contribution in [-0.2, 0) is 16.6 Å². The SMILES string of the molecule is Cc1ccc(C)c(S(=O)(=O)NN=Cc2cc(C)n(Cc3ccco3)c2C)c1. The number of rotatable bonds is 6. The molecule has 2 aromatic heterocycles. The highest BCUT2D eigenvalue weighted by Gasteiger charge is 2.16. The van der Waals surface area contributed by atoms with Crippen LogP contribution in [0.3, 0.4) is 0 Å². The van der Waals surface area contributed by atoms with Crippen LogP contribution in [0.15, 0.2) is 57.1 Å². The van der Waals surface area contributed by atoms with Gasteiger partial charge in [0.15, 0.2) is 0 Å². The fraction of sp³-hybridized carbons (Fsp3) is 0.250. The molecule has 27 heavy (non-hydrogen) atoms. The van der Waals surface area contributed by atoms with Gasteiger partial charge in [0.2, 0.25) is 0 Å². The number of hydrogen-bond acceptors (Lipinski definition) is 4. The predicted octanol–water partition coefficient (Wildman–Crippen LogP) is 3.68. The highest BCUT2D eigenvalue weighted by atomic mass is 32.2. The highest BCUT2D eigenvalue weighted by Crippen LogP contribution is 2.18. The van der Waals surface area contributed by atoms with E-state index in [0.717, 1.165) is 28.3 Å². The van der Waals surface area contributed by atoms with E-state index in [0.29, 0.717) is 12.1 Å². The van der Waals surface area contributed by atoms with E-state index in [-0.39, 0.29) is 4.90 Å². The number of aromatic nitrogens is 1. The summed E-state index contributed by atoms with van der Waals surface area (Å²) in [5.41, 5.74) is 4.44. The Bertz CT molecular complexity index is 1080. The summed E-state index contributed by atoms with van der Waals surface area (Å²) in [4.78, 5) is 2.55. The summed E-state index contributed by atoms with van der Waals surface area (Å²) in [6, 6.07) is 11.1. The average Bonchev–Trinajstić information content (AvgIpc) is 3.21. The third-order valence-electron chi connectivity index (χ3n) is 4.52. The lowest BCUT2D eigenvalue weighted by Gasteiger charge is -2.08. The lowest BCUT2D eigenvalue weighted by atomic mass is 10.2. The molecule has 0 radical (unpaired) electrons. The second-order valence-corrected chi connectivity index (χ2v) is 8.24. The lowest BCUT2D eigenvalue weighted by Crippen LogP contribution is -2.19. The van der Waals surface area contributed by atoms with Crippen LogP contribution in [-0.4, -0.2) is 19.2 Å². The maximum atomic E-state index is 12.5. The van der Waals surface area contributed by atoms with E-state index in [9.17, 15) is 8.42 Å². The number of nitrogens with zero attached hydrogens (tertiary/aromatic N) is 2. The summed E-state index contributed by atoms with van der Waals surface area (Å²) in [5, 5.41) is 3.97. The molecule has 1 N–H and O–H groups in total. The Kier molecular flexibility index (Phi) is 5.23. The maximum Gasteiger partial charge on any atom is 0.276 e. The third kappa shape index (κ3) is 4.14. The summed E-state index contributed by atoms with van der Waals surface area (Å²) >= 11 is 0. The normalized spacial score (nSPS) is 12.0. The van der Waals surface area contributed by atoms with Gasteiger partial charge in [-0.3, -0.25) is 0 Å². The van der Waals surface area contributed by atoms with Crippen LogP contribution in [0, 0.1) is 27.7 Å². The molecule has 0 saturated carbocycles. The number of aryl methyl sites for hydroxylation is 3. The number of furan rings is 1. The van der Waals surface area contributed by atoms with Gasteiger partial charge in [0.1, 0.15) is 5.76 Å². The van der Waals surface area contributed by atoms with Crippen molar-refractivity contribution in [1.29, 1.82) is 0 Å². The number of nitrogens with one attached hydrogen (secondary N) is 1. The number of hydrogen-bond donors (Lipinski definition) is 1. The summed E-state index contributed by atoms with van der Waals surface area (Å²) in [7, 11) is -3.71. The number of sulfonamides is 1. The first-order valence-electron chi connectivity index (χ1n) is 8.59. The molecule has 0 amide bonds. The maximum absolute atomic E-state index is 12.5. The third-order valence-corrected chi connectivity index (χ3v) is 5.88. The van der Waals surface area contributed by atoms with Gasteiger partial charge in [-0.05, 0) is 63.1 Å². The molecule has 0 aliphatic rings. The van der Waals surface area contributed by atoms with Crippen molar-refractivity contribution in [2.24, 2.45) is 5.10 Å². The van der Waals surface area contributed by atoms with Gasteiger partial charge >= 0.3 is 0 Å². The van der Waals surface area contributed by atoms with Crippen LogP contribution >= 0.6 is 0 Å². The second kappa shape index (κ2) is 7.44. The number of hydrazone groups is 1. The van der Waals surface area contributed by atoms with Gasteiger partial charge in [-0.15, -0.1) is 0 Å². The smallest absolute Gasteiger partial charge is 0.276 e. The zero-order valence-corrected chi connectivity index (χ0v) is 16.7. The van der Waals surface area contributed by atoms with Gasteiger partial charge < -0.3 is 8.98 Å². The van der Waals surface area contributed by atoms with Crippen LogP contribution in [0.25, 0.3) is 0 Å². The quantitative estimate of drug-likeness (QED) is 0.519. The minimum atomic E-state index is -3.71. The summed E-state index contributed by atoms with van der Waals surface area (Å²) < 4.78 is 32.5. The van der Waals surface area contributed by atoms with E-state index < -0.39 is 10.0 Å². The Morgan fingerprint density at radius 2 is 1.93 bits per heavy atom. The van der Waals surface area contributed by atoms with Crippen molar-refractivity contribution in [3.63, 3.8) is 0 Å². The standard InChI is InChI=1S/C20H23N3O3S/c1-14-7-8-15(2)20(10-14)27(24,25)22-21-12-18-11-16(3)23(17(18)4)13-19-6-5-9-26-19/h5-12,22H,13H2,1-4H3. The Morgan fingerprint density at radius 3 is 2.63 bits per heavy atom. The van der Waals surface area contributed by atoms with Gasteiger partial charge in [0, 0.05) is 17.0 Å². The molecule has 0 aliphatic heterocycles. The van der Waals surface area contributed by atoms with Crippen LogP contribution in [0.2, 0.25) is 0 Å². The zero-order chi connectivity index (χ0) is 19.6. The van der Waals surface area contributed by atoms with E-state index in [4.69, 9.17) is 4.42 Å².